The van der Waals surface area contributed by atoms with Crippen LogP contribution in [-0.4, -0.2) is 22.3 Å². The third-order valence-corrected chi connectivity index (χ3v) is 4.92. The molecule has 1 aliphatic heterocycles. The van der Waals surface area contributed by atoms with Crippen molar-refractivity contribution in [2.75, 3.05) is 0 Å². The number of hydrogen-bond acceptors (Lipinski definition) is 5. The lowest BCUT2D eigenvalue weighted by atomic mass is 9.84. The van der Waals surface area contributed by atoms with Gasteiger partial charge in [-0.2, -0.15) is 0 Å². The average molecular weight is 412 g/mol. The van der Waals surface area contributed by atoms with Gasteiger partial charge in [0.15, 0.2) is 17.1 Å². The van der Waals surface area contributed by atoms with Gasteiger partial charge in [0.1, 0.15) is 5.15 Å². The summed E-state index contributed by atoms with van der Waals surface area (Å²) in [5, 5.41) is 0.400. The summed E-state index contributed by atoms with van der Waals surface area (Å²) < 4.78 is 11.0. The second-order valence-electron chi connectivity index (χ2n) is 7.26. The molecule has 0 bridgehead atoms. The Bertz CT molecular complexity index is 1040. The Balaban J connectivity index is 2.27. The molecule has 1 aromatic heterocycles. The van der Waals surface area contributed by atoms with Crippen LogP contribution in [0.25, 0.3) is 16.7 Å². The summed E-state index contributed by atoms with van der Waals surface area (Å²) in [7, 11) is 0. The molecule has 0 unspecified atom stereocenters. The molecule has 5 nitrogen and oxygen atoms in total. The smallest absolute Gasteiger partial charge is 0.308 e. The van der Waals surface area contributed by atoms with E-state index in [0.29, 0.717) is 22.7 Å². The first-order chi connectivity index (χ1) is 13.6. The van der Waals surface area contributed by atoms with Gasteiger partial charge in [-0.05, 0) is 55.2 Å². The molecule has 3 rings (SSSR count). The van der Waals surface area contributed by atoms with Crippen molar-refractivity contribution < 1.29 is 19.1 Å². The second-order valence-corrected chi connectivity index (χ2v) is 7.64. The van der Waals surface area contributed by atoms with E-state index < -0.39 is 11.6 Å². The minimum atomic E-state index is -1.13. The number of carbonyl (C=O) groups excluding carboxylic acids is 2. The number of carbonyl (C=O) groups is 2. The van der Waals surface area contributed by atoms with E-state index in [1.807, 2.05) is 31.2 Å². The largest absolute Gasteiger partial charge is 0.476 e. The van der Waals surface area contributed by atoms with E-state index in [4.69, 9.17) is 21.1 Å². The molecular formula is C23H22ClNO4. The average Bonchev–Trinajstić information content (AvgIpc) is 2.66. The summed E-state index contributed by atoms with van der Waals surface area (Å²) in [4.78, 5) is 29.1. The molecule has 6 heteroatoms. The van der Waals surface area contributed by atoms with Crippen molar-refractivity contribution in [3.05, 3.63) is 70.9 Å². The van der Waals surface area contributed by atoms with Gasteiger partial charge in [0.25, 0.3) is 0 Å². The molecule has 0 saturated carbocycles. The van der Waals surface area contributed by atoms with Crippen molar-refractivity contribution in [3.63, 3.8) is 0 Å². The van der Waals surface area contributed by atoms with Crippen LogP contribution in [-0.2, 0) is 25.5 Å². The van der Waals surface area contributed by atoms with Crippen LogP contribution < -0.4 is 0 Å². The maximum atomic E-state index is 13.3. The van der Waals surface area contributed by atoms with E-state index in [1.54, 1.807) is 26.1 Å². The minimum absolute atomic E-state index is 0.0582. The minimum Gasteiger partial charge on any atom is -0.476 e. The Labute approximate surface area is 175 Å². The standard InChI is InChI=1S/C23H22ClNO4/c1-6-15-7-8-16(17-9-10-19(24)25-12-17)11-18(15)20-21(28-14(3)26)13(2)29-23(4,5)22(20)27/h7-12H,2,6H2,1,3-5H3. The van der Waals surface area contributed by atoms with Gasteiger partial charge < -0.3 is 9.47 Å². The molecule has 0 amide bonds. The fourth-order valence-electron chi connectivity index (χ4n) is 3.28. The second kappa shape index (κ2) is 7.84. The van der Waals surface area contributed by atoms with Gasteiger partial charge >= 0.3 is 5.97 Å². The number of Topliss-reactive ketones (excluding diaryl/α,β-unsaturated/α-hetero) is 1. The van der Waals surface area contributed by atoms with Crippen molar-refractivity contribution in [2.45, 2.75) is 39.7 Å². The highest BCUT2D eigenvalue weighted by Gasteiger charge is 2.42. The maximum absolute atomic E-state index is 13.3. The van der Waals surface area contributed by atoms with Crippen LogP contribution in [0.5, 0.6) is 0 Å². The number of pyridine rings is 1. The third kappa shape index (κ3) is 4.10. The van der Waals surface area contributed by atoms with Crippen LogP contribution >= 0.6 is 11.6 Å². The molecule has 0 radical (unpaired) electrons. The molecule has 2 aromatic rings. The summed E-state index contributed by atoms with van der Waals surface area (Å²) in [5.74, 6) is -0.614. The molecule has 150 valence electrons. The van der Waals surface area contributed by atoms with Crippen molar-refractivity contribution >= 4 is 28.9 Å². The number of ketones is 1. The van der Waals surface area contributed by atoms with Gasteiger partial charge in [-0.3, -0.25) is 9.59 Å². The molecule has 2 heterocycles. The summed E-state index contributed by atoms with van der Waals surface area (Å²) in [6.07, 6.45) is 2.36. The Morgan fingerprint density at radius 3 is 2.52 bits per heavy atom. The van der Waals surface area contributed by atoms with Crippen LogP contribution in [0.15, 0.2) is 54.6 Å². The molecule has 0 aliphatic carbocycles. The van der Waals surface area contributed by atoms with Crippen molar-refractivity contribution in [3.8, 4) is 11.1 Å². The molecule has 1 aliphatic rings. The first-order valence-electron chi connectivity index (χ1n) is 9.25. The van der Waals surface area contributed by atoms with Crippen molar-refractivity contribution in [1.29, 1.82) is 0 Å². The van der Waals surface area contributed by atoms with E-state index in [1.165, 1.54) is 6.92 Å². The number of halogens is 1. The lowest BCUT2D eigenvalue weighted by Crippen LogP contribution is -2.40. The number of hydrogen-bond donors (Lipinski definition) is 0. The summed E-state index contributed by atoms with van der Waals surface area (Å²) in [6.45, 7) is 10.5. The molecule has 0 fully saturated rings. The fraction of sp³-hybridized carbons (Fsp3) is 0.261. The van der Waals surface area contributed by atoms with E-state index >= 15 is 0 Å². The van der Waals surface area contributed by atoms with E-state index in [0.717, 1.165) is 16.7 Å². The van der Waals surface area contributed by atoms with Crippen LogP contribution in [0.3, 0.4) is 0 Å². The first-order valence-corrected chi connectivity index (χ1v) is 9.63. The number of aryl methyl sites for hydroxylation is 1. The number of esters is 1. The van der Waals surface area contributed by atoms with E-state index in [2.05, 4.69) is 11.6 Å². The summed E-state index contributed by atoms with van der Waals surface area (Å²) in [6, 6.07) is 9.38. The Kier molecular flexibility index (Phi) is 5.62. The Morgan fingerprint density at radius 1 is 1.24 bits per heavy atom. The summed E-state index contributed by atoms with van der Waals surface area (Å²) in [5.41, 5.74) is 2.50. The lowest BCUT2D eigenvalue weighted by molar-refractivity contribution is -0.139. The topological polar surface area (TPSA) is 65.5 Å². The molecule has 0 atom stereocenters. The zero-order chi connectivity index (χ0) is 21.3. The molecule has 0 N–H and O–H groups in total. The quantitative estimate of drug-likeness (QED) is 0.515. The van der Waals surface area contributed by atoms with Gasteiger partial charge in [-0.1, -0.05) is 37.2 Å². The number of nitrogens with zero attached hydrogens (tertiary/aromatic N) is 1. The third-order valence-electron chi connectivity index (χ3n) is 4.70. The highest BCUT2D eigenvalue weighted by atomic mass is 35.5. The maximum Gasteiger partial charge on any atom is 0.308 e. The van der Waals surface area contributed by atoms with E-state index in [-0.39, 0.29) is 17.3 Å². The van der Waals surface area contributed by atoms with E-state index in [9.17, 15) is 9.59 Å². The Hall–Kier alpha value is -2.92. The molecule has 0 saturated heterocycles. The highest BCUT2D eigenvalue weighted by Crippen LogP contribution is 2.40. The molecule has 29 heavy (non-hydrogen) atoms. The van der Waals surface area contributed by atoms with Crippen LogP contribution in [0.4, 0.5) is 0 Å². The van der Waals surface area contributed by atoms with Gasteiger partial charge in [-0.25, -0.2) is 4.98 Å². The summed E-state index contributed by atoms with van der Waals surface area (Å²) >= 11 is 5.90. The van der Waals surface area contributed by atoms with Crippen molar-refractivity contribution in [2.24, 2.45) is 0 Å². The zero-order valence-corrected chi connectivity index (χ0v) is 17.6. The molecular weight excluding hydrogens is 390 g/mol. The zero-order valence-electron chi connectivity index (χ0n) is 16.8. The van der Waals surface area contributed by atoms with Gasteiger partial charge in [0.05, 0.1) is 5.57 Å². The fourth-order valence-corrected chi connectivity index (χ4v) is 3.40. The number of benzene rings is 1. The highest BCUT2D eigenvalue weighted by molar-refractivity contribution is 6.29. The van der Waals surface area contributed by atoms with Crippen molar-refractivity contribution in [1.82, 2.24) is 4.98 Å². The van der Waals surface area contributed by atoms with Crippen LogP contribution in [0, 0.1) is 0 Å². The Morgan fingerprint density at radius 2 is 1.93 bits per heavy atom. The monoisotopic (exact) mass is 411 g/mol. The molecule has 0 spiro atoms. The predicted octanol–water partition coefficient (Wildman–Crippen LogP) is 5.13. The number of rotatable bonds is 4. The predicted molar refractivity (Wildman–Crippen MR) is 112 cm³/mol. The first kappa shape index (κ1) is 20.8. The lowest BCUT2D eigenvalue weighted by Gasteiger charge is -2.33. The van der Waals surface area contributed by atoms with Gasteiger partial charge in [0.2, 0.25) is 5.78 Å². The normalized spacial score (nSPS) is 15.9. The SMILES string of the molecule is C=C1OC(C)(C)C(=O)C(c2cc(-c3ccc(Cl)nc3)ccc2CC)=C1OC(C)=O. The van der Waals surface area contributed by atoms with Crippen LogP contribution in [0.2, 0.25) is 5.15 Å². The number of ether oxygens (including phenoxy) is 2. The number of aromatic nitrogens is 1. The van der Waals surface area contributed by atoms with Gasteiger partial charge in [0, 0.05) is 18.7 Å². The molecule has 1 aromatic carbocycles. The van der Waals surface area contributed by atoms with Gasteiger partial charge in [-0.15, -0.1) is 0 Å². The van der Waals surface area contributed by atoms with Crippen LogP contribution in [0.1, 0.15) is 38.8 Å².